The van der Waals surface area contributed by atoms with Crippen molar-refractivity contribution in [3.63, 3.8) is 0 Å². The fourth-order valence-electron chi connectivity index (χ4n) is 2.92. The molecule has 0 aliphatic carbocycles. The van der Waals surface area contributed by atoms with Crippen molar-refractivity contribution in [2.75, 3.05) is 13.1 Å². The van der Waals surface area contributed by atoms with Crippen LogP contribution in [0.5, 0.6) is 0 Å². The second-order valence-electron chi connectivity index (χ2n) is 5.43. The number of carbonyl (C=O) groups excluding carboxylic acids is 1. The summed E-state index contributed by atoms with van der Waals surface area (Å²) in [6, 6.07) is 4.31. The smallest absolute Gasteiger partial charge is 0.254 e. The number of likely N-dealkylation sites (tertiary alicyclic amines) is 1. The fourth-order valence-corrected chi connectivity index (χ4v) is 3.55. The first-order chi connectivity index (χ1) is 9.65. The van der Waals surface area contributed by atoms with Gasteiger partial charge in [0.25, 0.3) is 5.91 Å². The Bertz CT molecular complexity index is 603. The number of nitrogens with zero attached hydrogens (tertiary/aromatic N) is 3. The number of hydrogen-bond donors (Lipinski definition) is 0. The highest BCUT2D eigenvalue weighted by atomic mass is 32.1. The molecular formula is C15H19N3OS. The first-order valence-electron chi connectivity index (χ1n) is 6.99. The van der Waals surface area contributed by atoms with Gasteiger partial charge in [-0.15, -0.1) is 0 Å². The summed E-state index contributed by atoms with van der Waals surface area (Å²) >= 11 is 1.57. The van der Waals surface area contributed by atoms with Gasteiger partial charge in [0, 0.05) is 24.2 Å². The average molecular weight is 289 g/mol. The zero-order valence-corrected chi connectivity index (χ0v) is 12.7. The Labute approximate surface area is 123 Å². The maximum Gasteiger partial charge on any atom is 0.254 e. The number of hydrogen-bond acceptors (Lipinski definition) is 3. The van der Waals surface area contributed by atoms with Crippen molar-refractivity contribution in [2.45, 2.75) is 32.7 Å². The quantitative estimate of drug-likeness (QED) is 0.852. The van der Waals surface area contributed by atoms with Crippen LogP contribution in [0.15, 0.2) is 22.9 Å². The molecule has 1 saturated heterocycles. The van der Waals surface area contributed by atoms with Gasteiger partial charge in [0.15, 0.2) is 0 Å². The number of amides is 1. The first kappa shape index (κ1) is 13.4. The molecule has 3 heterocycles. The molecule has 5 heteroatoms. The number of carbonyl (C=O) groups is 1. The summed E-state index contributed by atoms with van der Waals surface area (Å²) in [5.41, 5.74) is 3.03. The van der Waals surface area contributed by atoms with Gasteiger partial charge in [-0.2, -0.15) is 16.4 Å². The predicted molar refractivity (Wildman–Crippen MR) is 80.2 cm³/mol. The van der Waals surface area contributed by atoms with E-state index in [4.69, 9.17) is 0 Å². The van der Waals surface area contributed by atoms with E-state index >= 15 is 0 Å². The number of rotatable bonds is 2. The third kappa shape index (κ3) is 2.50. The molecule has 0 saturated carbocycles. The van der Waals surface area contributed by atoms with E-state index in [0.717, 1.165) is 37.2 Å². The molecule has 4 nitrogen and oxygen atoms in total. The van der Waals surface area contributed by atoms with Gasteiger partial charge < -0.3 is 4.90 Å². The lowest BCUT2D eigenvalue weighted by atomic mass is 10.0. The monoisotopic (exact) mass is 289 g/mol. The Balaban J connectivity index is 1.77. The van der Waals surface area contributed by atoms with Crippen molar-refractivity contribution in [2.24, 2.45) is 0 Å². The summed E-state index contributed by atoms with van der Waals surface area (Å²) in [5.74, 6) is 0.150. The lowest BCUT2D eigenvalue weighted by molar-refractivity contribution is 0.0672. The van der Waals surface area contributed by atoms with Crippen molar-refractivity contribution >= 4 is 17.2 Å². The van der Waals surface area contributed by atoms with Gasteiger partial charge >= 0.3 is 0 Å². The molecule has 106 valence electrons. The molecular weight excluding hydrogens is 270 g/mol. The summed E-state index contributed by atoms with van der Waals surface area (Å²) in [6.45, 7) is 5.71. The van der Waals surface area contributed by atoms with E-state index < -0.39 is 0 Å². The molecule has 1 aliphatic rings. The Kier molecular flexibility index (Phi) is 3.61. The van der Waals surface area contributed by atoms with Crippen LogP contribution in [-0.2, 0) is 0 Å². The van der Waals surface area contributed by atoms with Crippen LogP contribution < -0.4 is 0 Å². The van der Waals surface area contributed by atoms with E-state index in [2.05, 4.69) is 22.8 Å². The zero-order valence-electron chi connectivity index (χ0n) is 11.9. The molecule has 0 spiro atoms. The molecule has 0 bridgehead atoms. The summed E-state index contributed by atoms with van der Waals surface area (Å²) in [7, 11) is 0. The molecule has 0 radical (unpaired) electrons. The van der Waals surface area contributed by atoms with Crippen molar-refractivity contribution in [3.05, 3.63) is 39.8 Å². The van der Waals surface area contributed by atoms with Gasteiger partial charge in [-0.25, -0.2) is 0 Å². The van der Waals surface area contributed by atoms with Gasteiger partial charge in [0.1, 0.15) is 0 Å². The fraction of sp³-hybridized carbons (Fsp3) is 0.467. The number of aromatic nitrogens is 2. The van der Waals surface area contributed by atoms with E-state index in [1.165, 1.54) is 5.69 Å². The van der Waals surface area contributed by atoms with Crippen LogP contribution in [0.1, 0.15) is 40.6 Å². The highest BCUT2D eigenvalue weighted by Crippen LogP contribution is 2.24. The molecule has 0 unspecified atom stereocenters. The van der Waals surface area contributed by atoms with Gasteiger partial charge in [-0.3, -0.25) is 9.48 Å². The second-order valence-corrected chi connectivity index (χ2v) is 6.21. The lowest BCUT2D eigenvalue weighted by Crippen LogP contribution is -2.41. The third-order valence-electron chi connectivity index (χ3n) is 3.84. The molecule has 2 aromatic heterocycles. The predicted octanol–water partition coefficient (Wildman–Crippen LogP) is 3.04. The minimum Gasteiger partial charge on any atom is -0.336 e. The van der Waals surface area contributed by atoms with E-state index in [1.54, 1.807) is 11.3 Å². The molecule has 3 rings (SSSR count). The third-order valence-corrected chi connectivity index (χ3v) is 4.53. The summed E-state index contributed by atoms with van der Waals surface area (Å²) in [6.07, 6.45) is 2.13. The van der Waals surface area contributed by atoms with Crippen LogP contribution in [0.3, 0.4) is 0 Å². The normalized spacial score (nSPS) is 19.3. The minimum absolute atomic E-state index is 0.150. The van der Waals surface area contributed by atoms with E-state index in [-0.39, 0.29) is 5.91 Å². The maximum absolute atomic E-state index is 12.4. The summed E-state index contributed by atoms with van der Waals surface area (Å²) in [4.78, 5) is 14.4. The van der Waals surface area contributed by atoms with Crippen molar-refractivity contribution < 1.29 is 4.79 Å². The Morgan fingerprint density at radius 2 is 2.30 bits per heavy atom. The van der Waals surface area contributed by atoms with E-state index in [9.17, 15) is 4.79 Å². The molecule has 0 aromatic carbocycles. The Morgan fingerprint density at radius 3 is 2.95 bits per heavy atom. The highest BCUT2D eigenvalue weighted by molar-refractivity contribution is 7.08. The van der Waals surface area contributed by atoms with Crippen LogP contribution in [0.2, 0.25) is 0 Å². The SMILES string of the molecule is Cc1cc(C)n([C@@H]2CCCN(C(=O)c3ccsc3)C2)n1. The molecule has 1 fully saturated rings. The first-order valence-corrected chi connectivity index (χ1v) is 7.93. The van der Waals surface area contributed by atoms with Gasteiger partial charge in [0.05, 0.1) is 17.3 Å². The van der Waals surface area contributed by atoms with Crippen LogP contribution >= 0.6 is 11.3 Å². The Hall–Kier alpha value is -1.62. The number of thiophene rings is 1. The largest absolute Gasteiger partial charge is 0.336 e. The van der Waals surface area contributed by atoms with Gasteiger partial charge in [0.2, 0.25) is 0 Å². The van der Waals surface area contributed by atoms with Crippen molar-refractivity contribution in [1.82, 2.24) is 14.7 Å². The average Bonchev–Trinajstić information content (AvgIpc) is 3.08. The van der Waals surface area contributed by atoms with Crippen LogP contribution in [-0.4, -0.2) is 33.7 Å². The molecule has 20 heavy (non-hydrogen) atoms. The van der Waals surface area contributed by atoms with Gasteiger partial charge in [-0.1, -0.05) is 0 Å². The highest BCUT2D eigenvalue weighted by Gasteiger charge is 2.26. The molecule has 1 amide bonds. The Morgan fingerprint density at radius 1 is 1.45 bits per heavy atom. The topological polar surface area (TPSA) is 38.1 Å². The van der Waals surface area contributed by atoms with E-state index in [0.29, 0.717) is 6.04 Å². The number of piperidine rings is 1. The van der Waals surface area contributed by atoms with Crippen LogP contribution in [0.4, 0.5) is 0 Å². The van der Waals surface area contributed by atoms with Crippen molar-refractivity contribution in [1.29, 1.82) is 0 Å². The summed E-state index contributed by atoms with van der Waals surface area (Å²) in [5, 5.41) is 8.45. The van der Waals surface area contributed by atoms with Crippen molar-refractivity contribution in [3.8, 4) is 0 Å². The molecule has 1 aliphatic heterocycles. The van der Waals surface area contributed by atoms with E-state index in [1.807, 2.05) is 28.7 Å². The maximum atomic E-state index is 12.4. The van der Waals surface area contributed by atoms with Gasteiger partial charge in [-0.05, 0) is 44.2 Å². The van der Waals surface area contributed by atoms with Crippen LogP contribution in [0, 0.1) is 13.8 Å². The minimum atomic E-state index is 0.150. The summed E-state index contributed by atoms with van der Waals surface area (Å²) < 4.78 is 2.09. The molecule has 1 atom stereocenters. The zero-order chi connectivity index (χ0) is 14.1. The lowest BCUT2D eigenvalue weighted by Gasteiger charge is -2.33. The second kappa shape index (κ2) is 5.40. The van der Waals surface area contributed by atoms with Crippen LogP contribution in [0.25, 0.3) is 0 Å². The number of aryl methyl sites for hydroxylation is 2. The standard InChI is InChI=1S/C15H19N3OS/c1-11-8-12(2)18(16-11)14-4-3-6-17(9-14)15(19)13-5-7-20-10-13/h5,7-8,10,14H,3-4,6,9H2,1-2H3/t14-/m1/s1. The molecule has 0 N–H and O–H groups in total. The molecule has 2 aromatic rings.